The molecule has 1 fully saturated rings. The van der Waals surface area contributed by atoms with Crippen molar-refractivity contribution < 1.29 is 4.79 Å². The summed E-state index contributed by atoms with van der Waals surface area (Å²) >= 11 is 1.48. The molecule has 0 aromatic carbocycles. The zero-order chi connectivity index (χ0) is 17.8. The summed E-state index contributed by atoms with van der Waals surface area (Å²) in [4.78, 5) is 23.8. The molecule has 134 valence electrons. The molecule has 2 N–H and O–H groups in total. The predicted molar refractivity (Wildman–Crippen MR) is 103 cm³/mol. The van der Waals surface area contributed by atoms with Crippen molar-refractivity contribution in [3.8, 4) is 0 Å². The minimum absolute atomic E-state index is 0.0495. The molecule has 1 saturated carbocycles. The first-order valence-electron chi connectivity index (χ1n) is 8.65. The maximum atomic E-state index is 12.1. The molecule has 1 aliphatic rings. The van der Waals surface area contributed by atoms with Crippen LogP contribution in [0.25, 0.3) is 0 Å². The Bertz CT molecular complexity index is 708. The number of anilines is 2. The number of aromatic nitrogens is 2. The molecular formula is C18H25N5OS. The van der Waals surface area contributed by atoms with E-state index in [9.17, 15) is 4.79 Å². The Morgan fingerprint density at radius 1 is 1.20 bits per heavy atom. The smallest absolute Gasteiger partial charge is 0.261 e. The van der Waals surface area contributed by atoms with Crippen molar-refractivity contribution in [2.45, 2.75) is 44.7 Å². The van der Waals surface area contributed by atoms with E-state index in [4.69, 9.17) is 0 Å². The number of carbonyl (C=O) groups excluding carboxylic acids is 1. The quantitative estimate of drug-likeness (QED) is 0.859. The van der Waals surface area contributed by atoms with Crippen molar-refractivity contribution in [3.63, 3.8) is 0 Å². The normalized spacial score (nSPS) is 20.1. The van der Waals surface area contributed by atoms with Crippen LogP contribution in [0.3, 0.4) is 0 Å². The Balaban J connectivity index is 1.52. The van der Waals surface area contributed by atoms with Gasteiger partial charge in [0.15, 0.2) is 0 Å². The molecule has 25 heavy (non-hydrogen) atoms. The summed E-state index contributed by atoms with van der Waals surface area (Å²) in [5, 5.41) is 8.61. The summed E-state index contributed by atoms with van der Waals surface area (Å²) in [7, 11) is 3.96. The van der Waals surface area contributed by atoms with Gasteiger partial charge < -0.3 is 15.5 Å². The Kier molecular flexibility index (Phi) is 5.53. The van der Waals surface area contributed by atoms with Gasteiger partial charge in [0, 0.05) is 32.2 Å². The second-order valence-corrected chi connectivity index (χ2v) is 7.64. The zero-order valence-electron chi connectivity index (χ0n) is 15.0. The minimum Gasteiger partial charge on any atom is -0.367 e. The van der Waals surface area contributed by atoms with Gasteiger partial charge in [0.25, 0.3) is 5.91 Å². The van der Waals surface area contributed by atoms with E-state index >= 15 is 0 Å². The maximum Gasteiger partial charge on any atom is 0.261 e. The second kappa shape index (κ2) is 7.82. The van der Waals surface area contributed by atoms with Crippen LogP contribution >= 0.6 is 11.3 Å². The van der Waals surface area contributed by atoms with E-state index in [0.29, 0.717) is 6.04 Å². The minimum atomic E-state index is 0.0495. The second-order valence-electron chi connectivity index (χ2n) is 6.70. The summed E-state index contributed by atoms with van der Waals surface area (Å²) < 4.78 is 0. The van der Waals surface area contributed by atoms with Gasteiger partial charge in [0.05, 0.1) is 4.88 Å². The van der Waals surface area contributed by atoms with Gasteiger partial charge in [-0.2, -0.15) is 0 Å². The van der Waals surface area contributed by atoms with Crippen LogP contribution in [-0.4, -0.2) is 42.1 Å². The van der Waals surface area contributed by atoms with Crippen molar-refractivity contribution in [1.82, 2.24) is 15.3 Å². The Morgan fingerprint density at radius 3 is 2.56 bits per heavy atom. The highest BCUT2D eigenvalue weighted by Crippen LogP contribution is 2.23. The number of aryl methyl sites for hydroxylation is 1. The maximum absolute atomic E-state index is 12.1. The first-order chi connectivity index (χ1) is 12.0. The number of rotatable bonds is 5. The molecule has 0 unspecified atom stereocenters. The molecule has 0 radical (unpaired) electrons. The lowest BCUT2D eigenvalue weighted by Crippen LogP contribution is -2.40. The predicted octanol–water partition coefficient (Wildman–Crippen LogP) is 3.07. The lowest BCUT2D eigenvalue weighted by atomic mass is 9.91. The van der Waals surface area contributed by atoms with Gasteiger partial charge >= 0.3 is 0 Å². The van der Waals surface area contributed by atoms with Crippen LogP contribution in [0.1, 0.15) is 41.2 Å². The number of amides is 1. The summed E-state index contributed by atoms with van der Waals surface area (Å²) in [5.41, 5.74) is 0. The van der Waals surface area contributed by atoms with E-state index in [1.165, 1.54) is 11.3 Å². The van der Waals surface area contributed by atoms with Crippen LogP contribution in [-0.2, 0) is 0 Å². The van der Waals surface area contributed by atoms with Crippen molar-refractivity contribution in [2.75, 3.05) is 24.3 Å². The Labute approximate surface area is 152 Å². The summed E-state index contributed by atoms with van der Waals surface area (Å²) in [6.45, 7) is 1.91. The van der Waals surface area contributed by atoms with E-state index in [2.05, 4.69) is 20.6 Å². The van der Waals surface area contributed by atoms with E-state index < -0.39 is 0 Å². The standard InChI is InChI=1S/C18H25N5OS/c1-12-19-16(11-17(20-12)23(2)3)21-13-6-8-14(9-7-13)22-18(24)15-5-4-10-25-15/h4-5,10-11,13-14H,6-9H2,1-3H3,(H,22,24)(H,19,20,21). The highest BCUT2D eigenvalue weighted by Gasteiger charge is 2.23. The molecule has 3 rings (SSSR count). The molecule has 2 heterocycles. The molecule has 1 amide bonds. The fourth-order valence-electron chi connectivity index (χ4n) is 3.11. The largest absolute Gasteiger partial charge is 0.367 e. The number of nitrogens with one attached hydrogen (secondary N) is 2. The fourth-order valence-corrected chi connectivity index (χ4v) is 3.74. The summed E-state index contributed by atoms with van der Waals surface area (Å²) in [6.07, 6.45) is 4.02. The Morgan fingerprint density at radius 2 is 1.92 bits per heavy atom. The van der Waals surface area contributed by atoms with Crippen LogP contribution in [0.5, 0.6) is 0 Å². The molecule has 6 nitrogen and oxygen atoms in total. The summed E-state index contributed by atoms with van der Waals surface area (Å²) in [6, 6.07) is 6.41. The lowest BCUT2D eigenvalue weighted by Gasteiger charge is -2.30. The number of hydrogen-bond donors (Lipinski definition) is 2. The monoisotopic (exact) mass is 359 g/mol. The molecule has 2 aromatic rings. The third-order valence-corrected chi connectivity index (χ3v) is 5.31. The molecule has 0 aliphatic heterocycles. The molecule has 2 aromatic heterocycles. The van der Waals surface area contributed by atoms with Gasteiger partial charge in [-0.15, -0.1) is 11.3 Å². The number of nitrogens with zero attached hydrogens (tertiary/aromatic N) is 3. The van der Waals surface area contributed by atoms with Crippen LogP contribution in [0.15, 0.2) is 23.6 Å². The van der Waals surface area contributed by atoms with Gasteiger partial charge in [0.1, 0.15) is 17.5 Å². The zero-order valence-corrected chi connectivity index (χ0v) is 15.8. The Hall–Kier alpha value is -2.15. The van der Waals surface area contributed by atoms with Crippen molar-refractivity contribution in [2.24, 2.45) is 0 Å². The van der Waals surface area contributed by atoms with Crippen molar-refractivity contribution in [1.29, 1.82) is 0 Å². The molecular weight excluding hydrogens is 334 g/mol. The highest BCUT2D eigenvalue weighted by atomic mass is 32.1. The van der Waals surface area contributed by atoms with Gasteiger partial charge in [-0.05, 0) is 44.1 Å². The third-order valence-electron chi connectivity index (χ3n) is 4.44. The number of thiophene rings is 1. The topological polar surface area (TPSA) is 70.2 Å². The fraction of sp³-hybridized carbons (Fsp3) is 0.500. The van der Waals surface area contributed by atoms with Crippen LogP contribution in [0, 0.1) is 6.92 Å². The third kappa shape index (κ3) is 4.69. The number of hydrogen-bond acceptors (Lipinski definition) is 6. The van der Waals surface area contributed by atoms with E-state index in [-0.39, 0.29) is 11.9 Å². The van der Waals surface area contributed by atoms with Gasteiger partial charge in [-0.25, -0.2) is 9.97 Å². The van der Waals surface area contributed by atoms with Gasteiger partial charge in [0.2, 0.25) is 0 Å². The van der Waals surface area contributed by atoms with E-state index in [1.807, 2.05) is 49.5 Å². The van der Waals surface area contributed by atoms with Crippen LogP contribution in [0.4, 0.5) is 11.6 Å². The number of carbonyl (C=O) groups is 1. The van der Waals surface area contributed by atoms with Crippen LogP contribution in [0.2, 0.25) is 0 Å². The van der Waals surface area contributed by atoms with Crippen LogP contribution < -0.4 is 15.5 Å². The van der Waals surface area contributed by atoms with Crippen molar-refractivity contribution in [3.05, 3.63) is 34.3 Å². The first-order valence-corrected chi connectivity index (χ1v) is 9.53. The molecule has 0 spiro atoms. The van der Waals surface area contributed by atoms with Gasteiger partial charge in [-0.3, -0.25) is 4.79 Å². The van der Waals surface area contributed by atoms with Crippen molar-refractivity contribution >= 4 is 28.9 Å². The van der Waals surface area contributed by atoms with Gasteiger partial charge in [-0.1, -0.05) is 6.07 Å². The van der Waals surface area contributed by atoms with E-state index in [0.717, 1.165) is 48.0 Å². The SMILES string of the molecule is Cc1nc(NC2CCC(NC(=O)c3cccs3)CC2)cc(N(C)C)n1. The molecule has 7 heteroatoms. The lowest BCUT2D eigenvalue weighted by molar-refractivity contribution is 0.0930. The molecule has 0 saturated heterocycles. The molecule has 0 atom stereocenters. The summed E-state index contributed by atoms with van der Waals surface area (Å²) in [5.74, 6) is 2.60. The van der Waals surface area contributed by atoms with E-state index in [1.54, 1.807) is 0 Å². The first kappa shape index (κ1) is 17.7. The molecule has 1 aliphatic carbocycles. The average molecular weight is 359 g/mol. The molecule has 0 bridgehead atoms. The average Bonchev–Trinajstić information content (AvgIpc) is 3.11. The highest BCUT2D eigenvalue weighted by molar-refractivity contribution is 7.12.